The third kappa shape index (κ3) is 27.8. The molecule has 0 unspecified atom stereocenters. The first-order chi connectivity index (χ1) is 66.6. The number of nitrogens with zero attached hydrogens (tertiary/aromatic N) is 7. The second-order valence-electron chi connectivity index (χ2n) is 34.4. The quantitative estimate of drug-likeness (QED) is 0.0366. The number of anilines is 7. The van der Waals surface area contributed by atoms with Gasteiger partial charge in [0.2, 0.25) is 0 Å². The number of carbonyl (C=O) groups is 6. The summed E-state index contributed by atoms with van der Waals surface area (Å²) >= 11 is 3.55. The van der Waals surface area contributed by atoms with Crippen molar-refractivity contribution in [3.8, 4) is 0 Å². The molecule has 18 rings (SSSR count). The smallest absolute Gasteiger partial charge is 0.255 e. The number of nitrogens with one attached hydrogen (secondary N) is 6. The summed E-state index contributed by atoms with van der Waals surface area (Å²) in [7, 11) is 3.94. The van der Waals surface area contributed by atoms with Gasteiger partial charge in [0.1, 0.15) is 0 Å². The van der Waals surface area contributed by atoms with Crippen molar-refractivity contribution in [3.05, 3.63) is 412 Å². The fourth-order valence-corrected chi connectivity index (χ4v) is 16.6. The van der Waals surface area contributed by atoms with Crippen LogP contribution in [0.2, 0.25) is 0 Å². The Balaban J connectivity index is 0.000000140. The average Bonchev–Trinajstić information content (AvgIpc) is 0.839. The van der Waals surface area contributed by atoms with Crippen LogP contribution >= 0.6 is 23.5 Å². The predicted molar refractivity (Wildman–Crippen MR) is 574 cm³/mol. The number of aromatic nitrogens is 6. The first kappa shape index (κ1) is 99.9. The third-order valence-electron chi connectivity index (χ3n) is 22.1. The average molecular weight is 1860 g/mol. The largest absolute Gasteiger partial charge is 0.378 e. The molecule has 0 aliphatic rings. The molecular formula is C117H115N13O6S2. The molecule has 19 nitrogen and oxygen atoms in total. The van der Waals surface area contributed by atoms with Crippen molar-refractivity contribution in [1.82, 2.24) is 29.9 Å². The minimum absolute atomic E-state index is 0.108. The number of amides is 6. The van der Waals surface area contributed by atoms with Crippen LogP contribution in [0.25, 0.3) is 65.4 Å². The zero-order valence-corrected chi connectivity index (χ0v) is 82.2. The van der Waals surface area contributed by atoms with E-state index in [2.05, 4.69) is 103 Å². The van der Waals surface area contributed by atoms with Crippen LogP contribution in [0.4, 0.5) is 39.8 Å². The van der Waals surface area contributed by atoms with E-state index in [0.29, 0.717) is 44.5 Å². The van der Waals surface area contributed by atoms with Gasteiger partial charge in [0, 0.05) is 135 Å². The van der Waals surface area contributed by atoms with Crippen LogP contribution in [-0.2, 0) is 12.8 Å². The minimum atomic E-state index is -0.133. The number of fused-ring (bicyclic) bond motifs is 6. The molecule has 21 heteroatoms. The molecule has 696 valence electrons. The van der Waals surface area contributed by atoms with Crippen LogP contribution in [0.3, 0.4) is 0 Å². The van der Waals surface area contributed by atoms with Gasteiger partial charge in [0.15, 0.2) is 0 Å². The molecule has 0 saturated carbocycles. The van der Waals surface area contributed by atoms with Crippen molar-refractivity contribution in [2.75, 3.05) is 56.6 Å². The van der Waals surface area contributed by atoms with Gasteiger partial charge in [-0.3, -0.25) is 58.7 Å². The van der Waals surface area contributed by atoms with E-state index in [1.165, 1.54) is 20.9 Å². The number of hydrogen-bond acceptors (Lipinski definition) is 15. The highest BCUT2D eigenvalue weighted by Gasteiger charge is 2.18. The van der Waals surface area contributed by atoms with Gasteiger partial charge in [0.25, 0.3) is 35.4 Å². The van der Waals surface area contributed by atoms with E-state index in [1.54, 1.807) is 23.5 Å². The monoisotopic (exact) mass is 1860 g/mol. The third-order valence-corrected chi connectivity index (χ3v) is 24.0. The van der Waals surface area contributed by atoms with Gasteiger partial charge < -0.3 is 36.8 Å². The Bertz CT molecular complexity index is 7050. The summed E-state index contributed by atoms with van der Waals surface area (Å²) in [4.78, 5) is 106. The molecular weight excluding hydrogens is 1750 g/mol. The summed E-state index contributed by atoms with van der Waals surface area (Å²) in [5, 5.41) is 24.4. The first-order valence-electron chi connectivity index (χ1n) is 46.2. The molecule has 6 amide bonds. The lowest BCUT2D eigenvalue weighted by molar-refractivity contribution is 0.101. The molecule has 6 N–H and O–H groups in total. The molecule has 0 aliphatic carbocycles. The van der Waals surface area contributed by atoms with Crippen LogP contribution < -0.4 is 36.8 Å². The van der Waals surface area contributed by atoms with E-state index in [-0.39, 0.29) is 35.4 Å². The van der Waals surface area contributed by atoms with Gasteiger partial charge >= 0.3 is 0 Å². The minimum Gasteiger partial charge on any atom is -0.378 e. The lowest BCUT2D eigenvalue weighted by atomic mass is 10.0. The second-order valence-corrected chi connectivity index (χ2v) is 37.4. The Morgan fingerprint density at radius 2 is 0.522 bits per heavy atom. The summed E-state index contributed by atoms with van der Waals surface area (Å²) in [6.07, 6.45) is 3.16. The normalized spacial score (nSPS) is 10.8. The summed E-state index contributed by atoms with van der Waals surface area (Å²) in [6, 6.07) is 105. The van der Waals surface area contributed by atoms with E-state index in [4.69, 9.17) is 0 Å². The Labute approximate surface area is 816 Å². The molecule has 0 spiro atoms. The lowest BCUT2D eigenvalue weighted by Gasteiger charge is -2.13. The second kappa shape index (κ2) is 48.1. The molecule has 0 saturated heterocycles. The summed E-state index contributed by atoms with van der Waals surface area (Å²) in [5.74, 6) is 0.921. The van der Waals surface area contributed by atoms with Crippen LogP contribution in [-0.4, -0.2) is 90.4 Å². The van der Waals surface area contributed by atoms with E-state index >= 15 is 0 Å². The molecule has 0 fully saturated rings. The Morgan fingerprint density at radius 1 is 0.283 bits per heavy atom. The van der Waals surface area contributed by atoms with Gasteiger partial charge in [-0.15, -0.1) is 23.5 Å². The van der Waals surface area contributed by atoms with Crippen molar-refractivity contribution in [1.29, 1.82) is 0 Å². The van der Waals surface area contributed by atoms with Crippen LogP contribution in [0.15, 0.2) is 337 Å². The highest BCUT2D eigenvalue weighted by Crippen LogP contribution is 2.32. The molecule has 0 radical (unpaired) electrons. The van der Waals surface area contributed by atoms with Gasteiger partial charge in [-0.1, -0.05) is 199 Å². The molecule has 18 aromatic rings. The molecule has 12 aromatic carbocycles. The van der Waals surface area contributed by atoms with Crippen LogP contribution in [0.1, 0.15) is 161 Å². The maximum atomic E-state index is 12.5. The molecule has 0 bridgehead atoms. The molecule has 0 atom stereocenters. The number of pyridine rings is 6. The van der Waals surface area contributed by atoms with Crippen molar-refractivity contribution in [2.24, 2.45) is 5.92 Å². The number of rotatable bonds is 21. The van der Waals surface area contributed by atoms with E-state index in [9.17, 15) is 28.8 Å². The highest BCUT2D eigenvalue weighted by atomic mass is 32.2. The number of para-hydroxylation sites is 6. The predicted octanol–water partition coefficient (Wildman–Crippen LogP) is 27.9. The van der Waals surface area contributed by atoms with Crippen molar-refractivity contribution in [2.45, 2.75) is 124 Å². The summed E-state index contributed by atoms with van der Waals surface area (Å²) in [6.45, 7) is 26.6. The van der Waals surface area contributed by atoms with E-state index < -0.39 is 0 Å². The van der Waals surface area contributed by atoms with E-state index in [1.807, 2.05) is 395 Å². The van der Waals surface area contributed by atoms with Crippen LogP contribution in [0.5, 0.6) is 0 Å². The summed E-state index contributed by atoms with van der Waals surface area (Å²) in [5.41, 5.74) is 23.5. The zero-order valence-electron chi connectivity index (χ0n) is 80.6. The maximum Gasteiger partial charge on any atom is 0.255 e. The lowest BCUT2D eigenvalue weighted by Crippen LogP contribution is -2.13. The molecule has 6 aromatic heterocycles. The topological polar surface area (TPSA) is 255 Å². The first-order valence-corrected chi connectivity index (χ1v) is 48.0. The van der Waals surface area contributed by atoms with E-state index in [0.717, 1.165) is 170 Å². The molecule has 138 heavy (non-hydrogen) atoms. The fraction of sp³-hybridized carbons (Fsp3) is 0.179. The Morgan fingerprint density at radius 3 is 0.761 bits per heavy atom. The van der Waals surface area contributed by atoms with Gasteiger partial charge in [-0.2, -0.15) is 0 Å². The van der Waals surface area contributed by atoms with Gasteiger partial charge in [0.05, 0.1) is 67.2 Å². The number of thioether (sulfide) groups is 2. The number of carbonyl (C=O) groups excluding carboxylic acids is 6. The van der Waals surface area contributed by atoms with Gasteiger partial charge in [-0.25, -0.2) is 0 Å². The molecule has 0 aliphatic heterocycles. The fourth-order valence-electron chi connectivity index (χ4n) is 15.1. The Hall–Kier alpha value is -15.6. The van der Waals surface area contributed by atoms with Crippen LogP contribution in [0, 0.1) is 54.4 Å². The summed E-state index contributed by atoms with van der Waals surface area (Å²) < 4.78 is 0. The number of hydrogen-bond donors (Lipinski definition) is 6. The van der Waals surface area contributed by atoms with Crippen molar-refractivity contribution in [3.63, 3.8) is 0 Å². The van der Waals surface area contributed by atoms with Gasteiger partial charge in [-0.05, 0) is 266 Å². The zero-order chi connectivity index (χ0) is 97.9. The Kier molecular flexibility index (Phi) is 34.8. The van der Waals surface area contributed by atoms with Crippen molar-refractivity contribution >= 4 is 164 Å². The highest BCUT2D eigenvalue weighted by molar-refractivity contribution is 8.00. The maximum absolute atomic E-state index is 12.5. The number of benzene rings is 12. The standard InChI is InChI=1S/C21H22N2O.C20H20N2OS.C20H20N2O.C19H19N3O.C19H18N2OS.C18H16N2O/c1-14(2)13-16-8-11-18(12-9-16)21(24)23-19-6-4-5-17-10-7-15(3)22-20(17)19;1-13(2)24-17-11-9-16(10-12-17)20(23)22-18-6-4-5-15-8-7-14(3)21-19(15)18;1-3-5-15-9-12-17(13-10-15)20(23)22-18-7-4-6-16-11-8-14(2)21-19(16)18;1-13-7-8-14-5-4-6-17(18(14)20-13)21-19(23)15-9-11-16(12-10-15)22(2)3;1-3-23-16-11-9-15(10-12-16)19(22)21-17-6-4-5-14-8-7-13(2)20-18(14)17;1-12-6-9-15(10-7-12)18(21)20-16-5-3-4-14-11-8-13(2)19-17(14)16/h4-12,14H,13H2,1-3H3,(H,23,24);4-13H,1-3H3,(H,22,23);4,6-13H,3,5H2,1-2H3,(H,22,23);4-12H,1-3H3,(H,21,23);4-12H,3H2,1-2H3,(H,21,22);3-11H,1-2H3,(H,20,21). The van der Waals surface area contributed by atoms with Crippen molar-refractivity contribution < 1.29 is 28.8 Å². The number of aryl methyl sites for hydroxylation is 8. The molecule has 6 heterocycles. The SMILES string of the molecule is CCCc1ccc(C(=O)Nc2cccc3ccc(C)nc23)cc1.CCSc1ccc(C(=O)Nc2cccc3ccc(C)nc23)cc1.Cc1ccc(C(=O)Nc2cccc3ccc(C)nc23)cc1.Cc1ccc2cccc(NC(=O)c3ccc(CC(C)C)cc3)c2n1.Cc1ccc2cccc(NC(=O)c3ccc(N(C)C)cc3)c2n1.Cc1ccc2cccc(NC(=O)c3ccc(SC(C)C)cc3)c2n1.